The molecule has 0 unspecified atom stereocenters. The highest BCUT2D eigenvalue weighted by molar-refractivity contribution is 5.95. The molecule has 0 aliphatic carbocycles. The normalized spacial score (nSPS) is 24.3. The van der Waals surface area contributed by atoms with E-state index in [4.69, 9.17) is 4.74 Å². The Hall–Kier alpha value is -3.29. The third kappa shape index (κ3) is 5.53. The standard InChI is InChI=1S/C28H34N6O3/c1-18-10-22(11-21(17-35)32-18)33-9-7-25(27(36)16-33)31-13-23-15-34(14-19(2)37-23)26-6-5-20(12-29)28-24(26)4-3-8-30-28/h3-6,8,10-11,19,23,25,27,31,35-36H,7,9,13-17H2,1-2H3/t19-,23+,25+,27+/m1/s1. The number of aryl methyl sites for hydroxylation is 1. The summed E-state index contributed by atoms with van der Waals surface area (Å²) in [7, 11) is 0. The Bertz CT molecular complexity index is 1290. The highest BCUT2D eigenvalue weighted by atomic mass is 16.5. The predicted octanol–water partition coefficient (Wildman–Crippen LogP) is 2.13. The van der Waals surface area contributed by atoms with Gasteiger partial charge in [-0.1, -0.05) is 0 Å². The third-order valence-corrected chi connectivity index (χ3v) is 7.24. The molecule has 2 aromatic heterocycles. The molecule has 5 rings (SSSR count). The average Bonchev–Trinajstić information content (AvgIpc) is 2.91. The Morgan fingerprint density at radius 3 is 2.84 bits per heavy atom. The Morgan fingerprint density at radius 1 is 1.19 bits per heavy atom. The van der Waals surface area contributed by atoms with Crippen LogP contribution < -0.4 is 15.1 Å². The van der Waals surface area contributed by atoms with E-state index in [1.54, 1.807) is 6.20 Å². The molecule has 2 saturated heterocycles. The van der Waals surface area contributed by atoms with Gasteiger partial charge in [-0.3, -0.25) is 9.97 Å². The van der Waals surface area contributed by atoms with Gasteiger partial charge in [-0.2, -0.15) is 5.26 Å². The molecule has 0 saturated carbocycles. The summed E-state index contributed by atoms with van der Waals surface area (Å²) in [6.07, 6.45) is 2.01. The average molecular weight is 503 g/mol. The number of ether oxygens (including phenoxy) is 1. The van der Waals surface area contributed by atoms with Gasteiger partial charge in [0.1, 0.15) is 6.07 Å². The van der Waals surface area contributed by atoms with Gasteiger partial charge in [0, 0.05) is 67.4 Å². The second-order valence-corrected chi connectivity index (χ2v) is 10.1. The fourth-order valence-corrected chi connectivity index (χ4v) is 5.55. The van der Waals surface area contributed by atoms with Crippen molar-refractivity contribution >= 4 is 22.3 Å². The van der Waals surface area contributed by atoms with Gasteiger partial charge in [-0.05, 0) is 56.7 Å². The van der Waals surface area contributed by atoms with Crippen LogP contribution in [0.4, 0.5) is 11.4 Å². The molecular weight excluding hydrogens is 468 g/mol. The maximum absolute atomic E-state index is 10.9. The number of morpholine rings is 1. The topological polar surface area (TPSA) is 118 Å². The molecule has 9 heteroatoms. The predicted molar refractivity (Wildman–Crippen MR) is 143 cm³/mol. The number of rotatable bonds is 6. The van der Waals surface area contributed by atoms with Crippen molar-refractivity contribution in [2.24, 2.45) is 0 Å². The lowest BCUT2D eigenvalue weighted by atomic mass is 10.0. The Balaban J connectivity index is 1.22. The molecule has 0 radical (unpaired) electrons. The van der Waals surface area contributed by atoms with Crippen LogP contribution >= 0.6 is 0 Å². The molecule has 1 aromatic carbocycles. The van der Waals surface area contributed by atoms with E-state index in [1.165, 1.54) is 0 Å². The first-order chi connectivity index (χ1) is 17.9. The van der Waals surface area contributed by atoms with E-state index in [-0.39, 0.29) is 24.9 Å². The van der Waals surface area contributed by atoms with E-state index in [9.17, 15) is 15.5 Å². The number of fused-ring (bicyclic) bond motifs is 1. The zero-order valence-corrected chi connectivity index (χ0v) is 21.3. The van der Waals surface area contributed by atoms with Gasteiger partial charge in [-0.15, -0.1) is 0 Å². The smallest absolute Gasteiger partial charge is 0.101 e. The van der Waals surface area contributed by atoms with Gasteiger partial charge in [0.25, 0.3) is 0 Å². The summed E-state index contributed by atoms with van der Waals surface area (Å²) in [5.41, 5.74) is 4.85. The molecule has 2 aliphatic rings. The summed E-state index contributed by atoms with van der Waals surface area (Å²) < 4.78 is 6.26. The summed E-state index contributed by atoms with van der Waals surface area (Å²) in [5, 5.41) is 34.4. The summed E-state index contributed by atoms with van der Waals surface area (Å²) in [5.74, 6) is 0. The number of β-amino-alcohol motifs (C(OH)–C–C–N with tert-alkyl or cyclic N) is 1. The molecule has 0 amide bonds. The first-order valence-electron chi connectivity index (χ1n) is 12.9. The summed E-state index contributed by atoms with van der Waals surface area (Å²) in [6.45, 7) is 7.33. The van der Waals surface area contributed by atoms with Crippen molar-refractivity contribution in [3.05, 3.63) is 59.5 Å². The van der Waals surface area contributed by atoms with Crippen molar-refractivity contribution in [2.45, 2.75) is 51.2 Å². The molecule has 4 atom stereocenters. The number of piperidine rings is 1. The third-order valence-electron chi connectivity index (χ3n) is 7.24. The fraction of sp³-hybridized carbons (Fsp3) is 0.464. The van der Waals surface area contributed by atoms with Gasteiger partial charge in [-0.25, -0.2) is 0 Å². The van der Waals surface area contributed by atoms with Gasteiger partial charge >= 0.3 is 0 Å². The number of aliphatic hydroxyl groups is 2. The van der Waals surface area contributed by atoms with Crippen LogP contribution in [0, 0.1) is 18.3 Å². The Morgan fingerprint density at radius 2 is 2.05 bits per heavy atom. The first-order valence-corrected chi connectivity index (χ1v) is 12.9. The van der Waals surface area contributed by atoms with Crippen LogP contribution in [0.25, 0.3) is 10.9 Å². The highest BCUT2D eigenvalue weighted by Crippen LogP contribution is 2.30. The number of nitrogens with one attached hydrogen (secondary N) is 1. The molecule has 0 bridgehead atoms. The number of aliphatic hydroxyl groups excluding tert-OH is 2. The van der Waals surface area contributed by atoms with Crippen LogP contribution in [0.5, 0.6) is 0 Å². The fourth-order valence-electron chi connectivity index (χ4n) is 5.55. The lowest BCUT2D eigenvalue weighted by Gasteiger charge is -2.41. The molecule has 4 heterocycles. The number of hydrogen-bond acceptors (Lipinski definition) is 9. The van der Waals surface area contributed by atoms with Gasteiger partial charge in [0.15, 0.2) is 0 Å². The maximum Gasteiger partial charge on any atom is 0.101 e. The number of benzene rings is 1. The van der Waals surface area contributed by atoms with Crippen molar-refractivity contribution in [1.82, 2.24) is 15.3 Å². The maximum atomic E-state index is 10.9. The Kier molecular flexibility index (Phi) is 7.53. The van der Waals surface area contributed by atoms with Crippen molar-refractivity contribution in [1.29, 1.82) is 5.26 Å². The quantitative estimate of drug-likeness (QED) is 0.466. The number of hydrogen-bond donors (Lipinski definition) is 3. The molecule has 2 aliphatic heterocycles. The SMILES string of the molecule is Cc1cc(N2CC[C@H](NC[C@H]3CN(c4ccc(C#N)c5ncccc45)C[C@@H](C)O3)[C@@H](O)C2)cc(CO)n1. The molecule has 3 N–H and O–H groups in total. The second kappa shape index (κ2) is 11.0. The largest absolute Gasteiger partial charge is 0.390 e. The molecular formula is C28H34N6O3. The van der Waals surface area contributed by atoms with Crippen LogP contribution in [0.1, 0.15) is 30.3 Å². The lowest BCUT2D eigenvalue weighted by Crippen LogP contribution is -2.56. The van der Waals surface area contributed by atoms with Gasteiger partial charge in [0.2, 0.25) is 0 Å². The summed E-state index contributed by atoms with van der Waals surface area (Å²) in [6, 6.07) is 13.9. The zero-order valence-electron chi connectivity index (χ0n) is 21.3. The van der Waals surface area contributed by atoms with Crippen molar-refractivity contribution < 1.29 is 14.9 Å². The van der Waals surface area contributed by atoms with Crippen LogP contribution in [-0.2, 0) is 11.3 Å². The molecule has 2 fully saturated rings. The zero-order chi connectivity index (χ0) is 25.9. The summed E-state index contributed by atoms with van der Waals surface area (Å²) >= 11 is 0. The summed E-state index contributed by atoms with van der Waals surface area (Å²) in [4.78, 5) is 13.3. The number of nitrogens with zero attached hydrogens (tertiary/aromatic N) is 5. The Labute approximate surface area is 217 Å². The van der Waals surface area contributed by atoms with Crippen LogP contribution in [0.15, 0.2) is 42.6 Å². The first kappa shape index (κ1) is 25.4. The van der Waals surface area contributed by atoms with Crippen molar-refractivity contribution in [3.63, 3.8) is 0 Å². The van der Waals surface area contributed by atoms with E-state index in [1.807, 2.05) is 43.3 Å². The van der Waals surface area contributed by atoms with E-state index >= 15 is 0 Å². The van der Waals surface area contributed by atoms with Crippen molar-refractivity contribution in [2.75, 3.05) is 42.5 Å². The second-order valence-electron chi connectivity index (χ2n) is 10.1. The molecule has 3 aromatic rings. The molecule has 194 valence electrons. The van der Waals surface area contributed by atoms with Crippen LogP contribution in [0.2, 0.25) is 0 Å². The van der Waals surface area contributed by atoms with E-state index < -0.39 is 6.10 Å². The lowest BCUT2D eigenvalue weighted by molar-refractivity contribution is -0.0188. The minimum atomic E-state index is -0.523. The number of nitriles is 1. The van der Waals surface area contributed by atoms with Crippen molar-refractivity contribution in [3.8, 4) is 6.07 Å². The van der Waals surface area contributed by atoms with Crippen LogP contribution in [0.3, 0.4) is 0 Å². The highest BCUT2D eigenvalue weighted by Gasteiger charge is 2.31. The number of pyridine rings is 2. The number of anilines is 2. The van der Waals surface area contributed by atoms with E-state index in [0.29, 0.717) is 30.9 Å². The monoisotopic (exact) mass is 502 g/mol. The number of aromatic nitrogens is 2. The van der Waals surface area contributed by atoms with Gasteiger partial charge in [0.05, 0.1) is 41.7 Å². The van der Waals surface area contributed by atoms with Crippen LogP contribution in [-0.4, -0.2) is 77.3 Å². The molecule has 37 heavy (non-hydrogen) atoms. The van der Waals surface area contributed by atoms with E-state index in [0.717, 1.165) is 47.5 Å². The molecule has 9 nitrogen and oxygen atoms in total. The minimum Gasteiger partial charge on any atom is -0.390 e. The van der Waals surface area contributed by atoms with E-state index in [2.05, 4.69) is 38.1 Å². The minimum absolute atomic E-state index is 0.0225. The molecule has 0 spiro atoms. The van der Waals surface area contributed by atoms with Gasteiger partial charge < -0.3 is 30.1 Å².